The van der Waals surface area contributed by atoms with Crippen molar-refractivity contribution in [3.63, 3.8) is 0 Å². The van der Waals surface area contributed by atoms with E-state index < -0.39 is 42.5 Å². The van der Waals surface area contributed by atoms with Crippen molar-refractivity contribution in [1.82, 2.24) is 0 Å². The van der Waals surface area contributed by atoms with Crippen molar-refractivity contribution in [2.24, 2.45) is 0 Å². The van der Waals surface area contributed by atoms with Crippen LogP contribution >= 0.6 is 0 Å². The lowest BCUT2D eigenvalue weighted by atomic mass is 10.0. The summed E-state index contributed by atoms with van der Waals surface area (Å²) >= 11 is 0. The molecule has 0 aromatic heterocycles. The van der Waals surface area contributed by atoms with Crippen LogP contribution in [0.2, 0.25) is 0 Å². The van der Waals surface area contributed by atoms with E-state index in [9.17, 15) is 19.5 Å². The van der Waals surface area contributed by atoms with Crippen molar-refractivity contribution in [2.45, 2.75) is 24.6 Å². The fourth-order valence-corrected chi connectivity index (χ4v) is 3.44. The van der Waals surface area contributed by atoms with Gasteiger partial charge < -0.3 is 24.1 Å². The van der Waals surface area contributed by atoms with Gasteiger partial charge in [-0.25, -0.2) is 14.4 Å². The topological polar surface area (TPSA) is 108 Å². The van der Waals surface area contributed by atoms with E-state index in [0.717, 1.165) is 0 Å². The van der Waals surface area contributed by atoms with Gasteiger partial charge in [-0.2, -0.15) is 0 Å². The molecule has 3 aromatic rings. The van der Waals surface area contributed by atoms with Crippen LogP contribution in [0, 0.1) is 0 Å². The Kier molecular flexibility index (Phi) is 7.31. The predicted molar refractivity (Wildman–Crippen MR) is 119 cm³/mol. The summed E-state index contributed by atoms with van der Waals surface area (Å²) < 4.78 is 21.9. The van der Waals surface area contributed by atoms with Crippen LogP contribution in [0.4, 0.5) is 0 Å². The number of esters is 3. The molecular formula is C26H22O8. The van der Waals surface area contributed by atoms with Crippen molar-refractivity contribution in [1.29, 1.82) is 0 Å². The maximum Gasteiger partial charge on any atom is 0.338 e. The van der Waals surface area contributed by atoms with E-state index in [1.54, 1.807) is 78.9 Å². The standard InChI is InChI=1S/C26H22O8/c27-23(17-10-4-1-5-11-17)32-20-16-31-26(30)22(34-25(29)19-14-8-3-9-15-19)21(20)33-24(28)18-12-6-2-7-13-18/h1-15,20-22,26,30H,16H2/t20-,21+,22+,26+/m1/s1. The normalized spacial score (nSPS) is 21.8. The second kappa shape index (κ2) is 10.7. The molecule has 1 N–H and O–H groups in total. The van der Waals surface area contributed by atoms with E-state index in [-0.39, 0.29) is 23.3 Å². The lowest BCUT2D eigenvalue weighted by Crippen LogP contribution is -2.57. The fraction of sp³-hybridized carbons (Fsp3) is 0.192. The first kappa shape index (κ1) is 23.2. The maximum absolute atomic E-state index is 12.8. The van der Waals surface area contributed by atoms with E-state index >= 15 is 0 Å². The molecular weight excluding hydrogens is 440 g/mol. The van der Waals surface area contributed by atoms with Crippen molar-refractivity contribution in [3.8, 4) is 0 Å². The van der Waals surface area contributed by atoms with Gasteiger partial charge in [-0.15, -0.1) is 0 Å². The molecule has 0 bridgehead atoms. The monoisotopic (exact) mass is 462 g/mol. The number of hydrogen-bond acceptors (Lipinski definition) is 8. The van der Waals surface area contributed by atoms with Crippen molar-refractivity contribution < 1.29 is 38.4 Å². The van der Waals surface area contributed by atoms with Crippen LogP contribution in [-0.4, -0.2) is 54.2 Å². The third-order valence-electron chi connectivity index (χ3n) is 5.18. The van der Waals surface area contributed by atoms with Crippen LogP contribution in [0.5, 0.6) is 0 Å². The van der Waals surface area contributed by atoms with E-state index in [2.05, 4.69) is 0 Å². The first-order valence-electron chi connectivity index (χ1n) is 10.6. The molecule has 1 aliphatic heterocycles. The minimum atomic E-state index is -1.60. The maximum atomic E-state index is 12.8. The number of benzene rings is 3. The molecule has 4 rings (SSSR count). The van der Waals surface area contributed by atoms with Crippen LogP contribution in [-0.2, 0) is 18.9 Å². The van der Waals surface area contributed by atoms with E-state index in [1.807, 2.05) is 0 Å². The molecule has 1 heterocycles. The predicted octanol–water partition coefficient (Wildman–Crippen LogP) is 3.01. The van der Waals surface area contributed by atoms with Gasteiger partial charge in [-0.3, -0.25) is 0 Å². The summed E-state index contributed by atoms with van der Waals surface area (Å²) in [5.74, 6) is -2.18. The molecule has 0 amide bonds. The highest BCUT2D eigenvalue weighted by molar-refractivity contribution is 5.91. The van der Waals surface area contributed by atoms with Gasteiger partial charge in [0.2, 0.25) is 0 Å². The molecule has 0 radical (unpaired) electrons. The Morgan fingerprint density at radius 3 is 1.44 bits per heavy atom. The molecule has 4 atom stereocenters. The molecule has 34 heavy (non-hydrogen) atoms. The molecule has 1 saturated heterocycles. The second-order valence-electron chi connectivity index (χ2n) is 7.51. The zero-order valence-electron chi connectivity index (χ0n) is 18.0. The van der Waals surface area contributed by atoms with Crippen LogP contribution < -0.4 is 0 Å². The summed E-state index contributed by atoms with van der Waals surface area (Å²) in [4.78, 5) is 38.1. The Morgan fingerprint density at radius 2 is 1.00 bits per heavy atom. The van der Waals surface area contributed by atoms with Gasteiger partial charge in [0.05, 0.1) is 23.3 Å². The Morgan fingerprint density at radius 1 is 0.618 bits per heavy atom. The highest BCUT2D eigenvalue weighted by atomic mass is 16.7. The summed E-state index contributed by atoms with van der Waals surface area (Å²) in [5, 5.41) is 10.5. The quantitative estimate of drug-likeness (QED) is 0.440. The van der Waals surface area contributed by atoms with Crippen LogP contribution in [0.25, 0.3) is 0 Å². The molecule has 0 spiro atoms. The van der Waals surface area contributed by atoms with Crippen molar-refractivity contribution >= 4 is 17.9 Å². The van der Waals surface area contributed by atoms with Gasteiger partial charge in [0.15, 0.2) is 24.6 Å². The Balaban J connectivity index is 1.59. The summed E-state index contributed by atoms with van der Waals surface area (Å²) in [6.45, 7) is -0.272. The van der Waals surface area contributed by atoms with Gasteiger partial charge in [-0.05, 0) is 36.4 Å². The average Bonchev–Trinajstić information content (AvgIpc) is 2.89. The number of carbonyl (C=O) groups excluding carboxylic acids is 3. The van der Waals surface area contributed by atoms with Gasteiger partial charge in [0, 0.05) is 0 Å². The van der Waals surface area contributed by atoms with E-state index in [4.69, 9.17) is 18.9 Å². The Labute approximate surface area is 195 Å². The molecule has 1 fully saturated rings. The number of aliphatic hydroxyl groups is 1. The second-order valence-corrected chi connectivity index (χ2v) is 7.51. The summed E-state index contributed by atoms with van der Waals surface area (Å²) in [5.41, 5.74) is 0.746. The lowest BCUT2D eigenvalue weighted by Gasteiger charge is -2.38. The van der Waals surface area contributed by atoms with Crippen LogP contribution in [0.3, 0.4) is 0 Å². The minimum absolute atomic E-state index is 0.228. The third-order valence-corrected chi connectivity index (χ3v) is 5.18. The fourth-order valence-electron chi connectivity index (χ4n) is 3.44. The smallest absolute Gasteiger partial charge is 0.338 e. The number of hydrogen-bond donors (Lipinski definition) is 1. The molecule has 8 nitrogen and oxygen atoms in total. The SMILES string of the molecule is O=C(O[C@@H]1[C@H](OC(=O)c2ccccc2)[C@@H](O)OC[C@H]1OC(=O)c1ccccc1)c1ccccc1. The Hall–Kier alpha value is -4.01. The van der Waals surface area contributed by atoms with Gasteiger partial charge in [0.25, 0.3) is 0 Å². The lowest BCUT2D eigenvalue weighted by molar-refractivity contribution is -0.251. The van der Waals surface area contributed by atoms with E-state index in [0.29, 0.717) is 0 Å². The number of carbonyl (C=O) groups is 3. The molecule has 0 aliphatic carbocycles. The average molecular weight is 462 g/mol. The molecule has 0 saturated carbocycles. The van der Waals surface area contributed by atoms with Crippen molar-refractivity contribution in [3.05, 3.63) is 108 Å². The first-order valence-corrected chi connectivity index (χ1v) is 10.6. The number of rotatable bonds is 6. The molecule has 8 heteroatoms. The highest BCUT2D eigenvalue weighted by Crippen LogP contribution is 2.25. The molecule has 3 aromatic carbocycles. The van der Waals surface area contributed by atoms with E-state index in [1.165, 1.54) is 12.1 Å². The zero-order chi connectivity index (χ0) is 23.9. The van der Waals surface area contributed by atoms with Gasteiger partial charge in [0.1, 0.15) is 0 Å². The minimum Gasteiger partial charge on any atom is -0.452 e. The van der Waals surface area contributed by atoms with Gasteiger partial charge in [-0.1, -0.05) is 54.6 Å². The summed E-state index contributed by atoms with van der Waals surface area (Å²) in [6.07, 6.45) is -5.51. The van der Waals surface area contributed by atoms with Gasteiger partial charge >= 0.3 is 17.9 Å². The summed E-state index contributed by atoms with van der Waals surface area (Å²) in [6, 6.07) is 24.5. The number of ether oxygens (including phenoxy) is 4. The van der Waals surface area contributed by atoms with Crippen LogP contribution in [0.1, 0.15) is 31.1 Å². The zero-order valence-corrected chi connectivity index (χ0v) is 18.0. The van der Waals surface area contributed by atoms with Crippen LogP contribution in [0.15, 0.2) is 91.0 Å². The highest BCUT2D eigenvalue weighted by Gasteiger charge is 2.47. The Bertz CT molecular complexity index is 1120. The third kappa shape index (κ3) is 5.48. The summed E-state index contributed by atoms with van der Waals surface area (Å²) in [7, 11) is 0. The largest absolute Gasteiger partial charge is 0.452 e. The molecule has 0 unspecified atom stereocenters. The molecule has 174 valence electrons. The number of aliphatic hydroxyl groups excluding tert-OH is 1. The van der Waals surface area contributed by atoms with Crippen molar-refractivity contribution in [2.75, 3.05) is 6.61 Å². The molecule has 1 aliphatic rings. The first-order chi connectivity index (χ1) is 16.5.